The van der Waals surface area contributed by atoms with Gasteiger partial charge in [-0.15, -0.1) is 0 Å². The van der Waals surface area contributed by atoms with Crippen molar-refractivity contribution in [1.29, 1.82) is 0 Å². The Morgan fingerprint density at radius 1 is 1.09 bits per heavy atom. The van der Waals surface area contributed by atoms with Crippen LogP contribution >= 0.6 is 0 Å². The zero-order valence-electron chi connectivity index (χ0n) is 14.5. The van der Waals surface area contributed by atoms with Crippen LogP contribution in [0.1, 0.15) is 39.0 Å². The molecule has 130 valence electrons. The first-order valence-corrected chi connectivity index (χ1v) is 9.00. The van der Waals surface area contributed by atoms with E-state index in [9.17, 15) is 9.59 Å². The molecule has 0 aromatic rings. The summed E-state index contributed by atoms with van der Waals surface area (Å²) in [5.74, 6) is 0.242. The maximum atomic E-state index is 12.5. The van der Waals surface area contributed by atoms with Gasteiger partial charge in [-0.1, -0.05) is 6.92 Å². The summed E-state index contributed by atoms with van der Waals surface area (Å²) in [4.78, 5) is 30.7. The van der Waals surface area contributed by atoms with Gasteiger partial charge in [0.05, 0.1) is 6.04 Å². The van der Waals surface area contributed by atoms with Crippen molar-refractivity contribution in [3.8, 4) is 0 Å². The van der Waals surface area contributed by atoms with Gasteiger partial charge in [0.1, 0.15) is 0 Å². The van der Waals surface area contributed by atoms with Crippen LogP contribution in [0.4, 0.5) is 4.79 Å². The lowest BCUT2D eigenvalue weighted by molar-refractivity contribution is -0.137. The number of amides is 3. The fourth-order valence-corrected chi connectivity index (χ4v) is 3.61. The molecule has 2 heterocycles. The number of nitrogens with zero attached hydrogens (tertiary/aromatic N) is 3. The van der Waals surface area contributed by atoms with Gasteiger partial charge >= 0.3 is 6.03 Å². The van der Waals surface area contributed by atoms with E-state index in [-0.39, 0.29) is 18.0 Å². The summed E-state index contributed by atoms with van der Waals surface area (Å²) in [5, 5.41) is 3.03. The molecule has 3 fully saturated rings. The van der Waals surface area contributed by atoms with E-state index in [1.165, 1.54) is 12.8 Å². The number of piperazine rings is 1. The van der Waals surface area contributed by atoms with Gasteiger partial charge < -0.3 is 15.1 Å². The number of hydrogen-bond acceptors (Lipinski definition) is 3. The fourth-order valence-electron chi connectivity index (χ4n) is 3.61. The summed E-state index contributed by atoms with van der Waals surface area (Å²) < 4.78 is 0. The zero-order valence-corrected chi connectivity index (χ0v) is 14.5. The maximum Gasteiger partial charge on any atom is 0.317 e. The van der Waals surface area contributed by atoms with Crippen molar-refractivity contribution in [2.24, 2.45) is 5.41 Å². The van der Waals surface area contributed by atoms with Gasteiger partial charge in [0.15, 0.2) is 0 Å². The van der Waals surface area contributed by atoms with Crippen molar-refractivity contribution < 1.29 is 9.59 Å². The molecule has 1 N–H and O–H groups in total. The molecular formula is C17H30N4O2. The molecule has 1 atom stereocenters. The smallest absolute Gasteiger partial charge is 0.317 e. The lowest BCUT2D eigenvalue weighted by Gasteiger charge is -2.36. The number of likely N-dealkylation sites (tertiary alicyclic amines) is 1. The number of likely N-dealkylation sites (N-methyl/N-ethyl adjacent to an activating group) is 1. The SMILES string of the molecule is CN1CCCC1C(=O)N1CCN(C(=O)NCCC2(C)CC2)CC1. The van der Waals surface area contributed by atoms with Crippen LogP contribution in [0, 0.1) is 5.41 Å². The van der Waals surface area contributed by atoms with Crippen LogP contribution in [0.3, 0.4) is 0 Å². The second-order valence-corrected chi connectivity index (χ2v) is 7.74. The quantitative estimate of drug-likeness (QED) is 0.844. The Bertz CT molecular complexity index is 456. The number of nitrogens with one attached hydrogen (secondary N) is 1. The topological polar surface area (TPSA) is 55.9 Å². The summed E-state index contributed by atoms with van der Waals surface area (Å²) in [6.45, 7) is 6.67. The Labute approximate surface area is 139 Å². The van der Waals surface area contributed by atoms with E-state index in [1.807, 2.05) is 16.8 Å². The van der Waals surface area contributed by atoms with Crippen LogP contribution < -0.4 is 5.32 Å². The van der Waals surface area contributed by atoms with E-state index in [0.717, 1.165) is 32.4 Å². The molecule has 1 unspecified atom stereocenters. The predicted octanol–water partition coefficient (Wildman–Crippen LogP) is 1.12. The third-order valence-corrected chi connectivity index (χ3v) is 5.79. The first kappa shape index (κ1) is 16.6. The van der Waals surface area contributed by atoms with E-state index < -0.39 is 0 Å². The van der Waals surface area contributed by atoms with E-state index in [2.05, 4.69) is 17.1 Å². The number of carbonyl (C=O) groups is 2. The average molecular weight is 322 g/mol. The Hall–Kier alpha value is -1.30. The predicted molar refractivity (Wildman–Crippen MR) is 89.2 cm³/mol. The Morgan fingerprint density at radius 3 is 2.30 bits per heavy atom. The lowest BCUT2D eigenvalue weighted by atomic mass is 10.1. The molecule has 1 saturated carbocycles. The van der Waals surface area contributed by atoms with Crippen LogP contribution in [0.25, 0.3) is 0 Å². The Balaban J connectivity index is 1.39. The minimum Gasteiger partial charge on any atom is -0.338 e. The van der Waals surface area contributed by atoms with Gasteiger partial charge in [-0.25, -0.2) is 4.79 Å². The van der Waals surface area contributed by atoms with Crippen LogP contribution in [0.15, 0.2) is 0 Å². The summed E-state index contributed by atoms with van der Waals surface area (Å²) in [7, 11) is 2.03. The number of hydrogen-bond donors (Lipinski definition) is 1. The Kier molecular flexibility index (Phi) is 4.80. The average Bonchev–Trinajstić information content (AvgIpc) is 3.12. The van der Waals surface area contributed by atoms with Crippen LogP contribution in [0.5, 0.6) is 0 Å². The highest BCUT2D eigenvalue weighted by molar-refractivity contribution is 5.82. The summed E-state index contributed by atoms with van der Waals surface area (Å²) in [6, 6.07) is 0.0778. The summed E-state index contributed by atoms with van der Waals surface area (Å²) in [5.41, 5.74) is 0.478. The van der Waals surface area contributed by atoms with Crippen LogP contribution in [0.2, 0.25) is 0 Å². The van der Waals surface area contributed by atoms with Gasteiger partial charge in [-0.2, -0.15) is 0 Å². The van der Waals surface area contributed by atoms with E-state index >= 15 is 0 Å². The molecule has 0 aromatic heterocycles. The Morgan fingerprint density at radius 2 is 1.74 bits per heavy atom. The second kappa shape index (κ2) is 6.67. The van der Waals surface area contributed by atoms with Crippen molar-refractivity contribution in [2.75, 3.05) is 46.3 Å². The standard InChI is InChI=1S/C17H30N4O2/c1-17(5-6-17)7-8-18-16(23)21-12-10-20(11-13-21)15(22)14-4-3-9-19(14)2/h14H,3-13H2,1-2H3,(H,18,23). The van der Waals surface area contributed by atoms with Crippen molar-refractivity contribution >= 4 is 11.9 Å². The van der Waals surface area contributed by atoms with Crippen LogP contribution in [-0.2, 0) is 4.79 Å². The fraction of sp³-hybridized carbons (Fsp3) is 0.882. The monoisotopic (exact) mass is 322 g/mol. The molecule has 0 bridgehead atoms. The normalized spacial score (nSPS) is 27.1. The van der Waals surface area contributed by atoms with Crippen molar-refractivity contribution in [1.82, 2.24) is 20.0 Å². The lowest BCUT2D eigenvalue weighted by Crippen LogP contribution is -2.56. The van der Waals surface area contributed by atoms with Crippen molar-refractivity contribution in [3.63, 3.8) is 0 Å². The van der Waals surface area contributed by atoms with Gasteiger partial charge in [-0.3, -0.25) is 9.69 Å². The largest absolute Gasteiger partial charge is 0.338 e. The number of rotatable bonds is 4. The molecule has 3 aliphatic rings. The molecule has 23 heavy (non-hydrogen) atoms. The molecule has 2 saturated heterocycles. The number of urea groups is 1. The highest BCUT2D eigenvalue weighted by Crippen LogP contribution is 2.47. The molecule has 1 aliphatic carbocycles. The van der Waals surface area contributed by atoms with Crippen molar-refractivity contribution in [3.05, 3.63) is 0 Å². The summed E-state index contributed by atoms with van der Waals surface area (Å²) in [6.07, 6.45) is 5.73. The highest BCUT2D eigenvalue weighted by Gasteiger charge is 2.37. The summed E-state index contributed by atoms with van der Waals surface area (Å²) >= 11 is 0. The molecule has 3 rings (SSSR count). The maximum absolute atomic E-state index is 12.5. The molecule has 0 radical (unpaired) electrons. The molecule has 6 nitrogen and oxygen atoms in total. The van der Waals surface area contributed by atoms with Gasteiger partial charge in [0.2, 0.25) is 5.91 Å². The minimum absolute atomic E-state index is 0.0272. The highest BCUT2D eigenvalue weighted by atomic mass is 16.2. The first-order valence-electron chi connectivity index (χ1n) is 9.00. The van der Waals surface area contributed by atoms with E-state index in [0.29, 0.717) is 31.6 Å². The molecule has 2 aliphatic heterocycles. The third-order valence-electron chi connectivity index (χ3n) is 5.79. The van der Waals surface area contributed by atoms with Crippen LogP contribution in [-0.4, -0.2) is 79.0 Å². The third kappa shape index (κ3) is 3.97. The van der Waals surface area contributed by atoms with Gasteiger partial charge in [0.25, 0.3) is 0 Å². The number of carbonyl (C=O) groups excluding carboxylic acids is 2. The molecule has 6 heteroatoms. The van der Waals surface area contributed by atoms with Crippen molar-refractivity contribution in [2.45, 2.75) is 45.1 Å². The minimum atomic E-state index is 0.0272. The molecule has 0 aromatic carbocycles. The van der Waals surface area contributed by atoms with Gasteiger partial charge in [0, 0.05) is 32.7 Å². The molecule has 3 amide bonds. The van der Waals surface area contributed by atoms with E-state index in [1.54, 1.807) is 0 Å². The second-order valence-electron chi connectivity index (χ2n) is 7.74. The first-order chi connectivity index (χ1) is 11.0. The van der Waals surface area contributed by atoms with E-state index in [4.69, 9.17) is 0 Å². The molecular weight excluding hydrogens is 292 g/mol. The zero-order chi connectivity index (χ0) is 16.4. The van der Waals surface area contributed by atoms with Gasteiger partial charge in [-0.05, 0) is 51.1 Å². The molecule has 0 spiro atoms.